The van der Waals surface area contributed by atoms with Crippen LogP contribution in [0.2, 0.25) is 15.1 Å². The molecule has 1 N–H and O–H groups in total. The van der Waals surface area contributed by atoms with Gasteiger partial charge in [0.25, 0.3) is 0 Å². The van der Waals surface area contributed by atoms with Gasteiger partial charge in [-0.15, -0.1) is 0 Å². The van der Waals surface area contributed by atoms with Crippen LogP contribution in [0.15, 0.2) is 28.9 Å². The standard InChI is InChI=1S/C19H19BrCl3N5O/c1-4-16(28-11(3)17(23)10(2)25-28)19(29)24-18-14(20)9-27(26-18)8-12-5-6-13(21)7-15(12)22/h5-7,9,16H,4,8H2,1-3H3,(H,24,26,29). The zero-order chi connectivity index (χ0) is 21.3. The smallest absolute Gasteiger partial charge is 0.250 e. The van der Waals surface area contributed by atoms with Crippen molar-refractivity contribution >= 4 is 62.5 Å². The highest BCUT2D eigenvalue weighted by atomic mass is 79.9. The number of rotatable bonds is 6. The molecule has 3 aromatic rings. The zero-order valence-corrected chi connectivity index (χ0v) is 19.9. The van der Waals surface area contributed by atoms with Crippen molar-refractivity contribution in [3.63, 3.8) is 0 Å². The molecule has 0 aliphatic carbocycles. The zero-order valence-electron chi connectivity index (χ0n) is 16.0. The predicted octanol–water partition coefficient (Wildman–Crippen LogP) is 6.06. The second-order valence-corrected chi connectivity index (χ2v) is 8.68. The van der Waals surface area contributed by atoms with Crippen LogP contribution in [-0.4, -0.2) is 25.5 Å². The molecule has 0 aliphatic rings. The van der Waals surface area contributed by atoms with Crippen molar-refractivity contribution in [3.8, 4) is 0 Å². The number of nitrogens with one attached hydrogen (secondary N) is 1. The third-order valence-corrected chi connectivity index (χ3v) is 6.24. The first-order chi connectivity index (χ1) is 13.7. The quantitative estimate of drug-likeness (QED) is 0.431. The van der Waals surface area contributed by atoms with E-state index in [1.54, 1.807) is 27.7 Å². The van der Waals surface area contributed by atoms with Crippen LogP contribution in [0.3, 0.4) is 0 Å². The normalized spacial score (nSPS) is 12.2. The largest absolute Gasteiger partial charge is 0.306 e. The Morgan fingerprint density at radius 3 is 2.55 bits per heavy atom. The number of benzene rings is 1. The molecule has 1 unspecified atom stereocenters. The number of aromatic nitrogens is 4. The van der Waals surface area contributed by atoms with Crippen molar-refractivity contribution in [2.24, 2.45) is 0 Å². The minimum atomic E-state index is -0.496. The lowest BCUT2D eigenvalue weighted by atomic mass is 10.2. The SMILES string of the molecule is CCC(C(=O)Nc1nn(Cc2ccc(Cl)cc2Cl)cc1Br)n1nc(C)c(Cl)c1C. The fourth-order valence-corrected chi connectivity index (χ4v) is 4.01. The molecule has 0 saturated heterocycles. The molecule has 10 heteroatoms. The first-order valence-corrected chi connectivity index (χ1v) is 10.8. The Kier molecular flexibility index (Phi) is 6.94. The average molecular weight is 520 g/mol. The number of anilines is 1. The summed E-state index contributed by atoms with van der Waals surface area (Å²) in [4.78, 5) is 12.9. The Bertz CT molecular complexity index is 1060. The van der Waals surface area contributed by atoms with Gasteiger partial charge in [-0.2, -0.15) is 10.2 Å². The van der Waals surface area contributed by atoms with Crippen molar-refractivity contribution in [3.05, 3.63) is 60.9 Å². The maximum Gasteiger partial charge on any atom is 0.250 e. The van der Waals surface area contributed by atoms with E-state index in [0.717, 1.165) is 11.3 Å². The summed E-state index contributed by atoms with van der Waals surface area (Å²) in [5.41, 5.74) is 2.32. The van der Waals surface area contributed by atoms with Crippen molar-refractivity contribution < 1.29 is 4.79 Å². The summed E-state index contributed by atoms with van der Waals surface area (Å²) in [5, 5.41) is 13.4. The molecule has 0 saturated carbocycles. The third kappa shape index (κ3) is 4.79. The number of amides is 1. The van der Waals surface area contributed by atoms with Crippen LogP contribution in [0.4, 0.5) is 5.82 Å². The molecule has 2 heterocycles. The number of aryl methyl sites for hydroxylation is 1. The molecule has 2 aromatic heterocycles. The summed E-state index contributed by atoms with van der Waals surface area (Å²) in [7, 11) is 0. The molecule has 1 amide bonds. The summed E-state index contributed by atoms with van der Waals surface area (Å²) in [5.74, 6) is 0.205. The molecule has 0 fully saturated rings. The van der Waals surface area contributed by atoms with E-state index in [2.05, 4.69) is 31.4 Å². The van der Waals surface area contributed by atoms with E-state index in [0.29, 0.717) is 44.0 Å². The Morgan fingerprint density at radius 2 is 1.97 bits per heavy atom. The molecule has 3 rings (SSSR count). The number of halogens is 4. The van der Waals surface area contributed by atoms with Gasteiger partial charge >= 0.3 is 0 Å². The van der Waals surface area contributed by atoms with Crippen molar-refractivity contribution in [2.45, 2.75) is 39.8 Å². The number of hydrogen-bond acceptors (Lipinski definition) is 3. The van der Waals surface area contributed by atoms with Gasteiger partial charge in [-0.3, -0.25) is 14.2 Å². The molecule has 1 aromatic carbocycles. The molecular weight excluding hydrogens is 501 g/mol. The summed E-state index contributed by atoms with van der Waals surface area (Å²) < 4.78 is 4.01. The molecule has 0 bridgehead atoms. The van der Waals surface area contributed by atoms with Crippen molar-refractivity contribution in [1.29, 1.82) is 0 Å². The Balaban J connectivity index is 1.79. The second kappa shape index (κ2) is 9.08. The fourth-order valence-electron chi connectivity index (χ4n) is 3.00. The second-order valence-electron chi connectivity index (χ2n) is 6.60. The highest BCUT2D eigenvalue weighted by Gasteiger charge is 2.24. The first kappa shape index (κ1) is 22.2. The van der Waals surface area contributed by atoms with E-state index in [-0.39, 0.29) is 5.91 Å². The van der Waals surface area contributed by atoms with Gasteiger partial charge in [-0.05, 0) is 53.9 Å². The summed E-state index contributed by atoms with van der Waals surface area (Å²) in [6.45, 7) is 6.02. The fraction of sp³-hybridized carbons (Fsp3) is 0.316. The molecule has 6 nitrogen and oxygen atoms in total. The summed E-state index contributed by atoms with van der Waals surface area (Å²) in [6, 6.07) is 4.81. The molecule has 0 aliphatic heterocycles. The van der Waals surface area contributed by atoms with E-state index >= 15 is 0 Å². The lowest BCUT2D eigenvalue weighted by Gasteiger charge is -2.16. The van der Waals surface area contributed by atoms with Gasteiger partial charge < -0.3 is 5.32 Å². The van der Waals surface area contributed by atoms with Crippen LogP contribution in [0.25, 0.3) is 0 Å². The summed E-state index contributed by atoms with van der Waals surface area (Å²) in [6.07, 6.45) is 2.34. The van der Waals surface area contributed by atoms with E-state index in [1.807, 2.05) is 26.8 Å². The van der Waals surface area contributed by atoms with E-state index < -0.39 is 6.04 Å². The lowest BCUT2D eigenvalue weighted by molar-refractivity contribution is -0.119. The number of carbonyl (C=O) groups is 1. The maximum atomic E-state index is 12.9. The highest BCUT2D eigenvalue weighted by Crippen LogP contribution is 2.27. The maximum absolute atomic E-state index is 12.9. The topological polar surface area (TPSA) is 64.7 Å². The predicted molar refractivity (Wildman–Crippen MR) is 120 cm³/mol. The minimum absolute atomic E-state index is 0.217. The molecule has 29 heavy (non-hydrogen) atoms. The van der Waals surface area contributed by atoms with E-state index in [4.69, 9.17) is 34.8 Å². The molecule has 1 atom stereocenters. The van der Waals surface area contributed by atoms with Gasteiger partial charge in [0.2, 0.25) is 5.91 Å². The Hall–Kier alpha value is -1.54. The Labute approximate surface area is 192 Å². The third-order valence-electron chi connectivity index (χ3n) is 4.53. The van der Waals surface area contributed by atoms with Crippen LogP contribution in [0.1, 0.15) is 36.3 Å². The Morgan fingerprint density at radius 1 is 1.24 bits per heavy atom. The average Bonchev–Trinajstić information content (AvgIpc) is 3.12. The van der Waals surface area contributed by atoms with Crippen LogP contribution in [-0.2, 0) is 11.3 Å². The highest BCUT2D eigenvalue weighted by molar-refractivity contribution is 9.10. The number of hydrogen-bond donors (Lipinski definition) is 1. The van der Waals surface area contributed by atoms with Gasteiger partial charge in [0.15, 0.2) is 5.82 Å². The van der Waals surface area contributed by atoms with Crippen molar-refractivity contribution in [2.75, 3.05) is 5.32 Å². The van der Waals surface area contributed by atoms with Crippen LogP contribution < -0.4 is 5.32 Å². The summed E-state index contributed by atoms with van der Waals surface area (Å²) >= 11 is 21.9. The van der Waals surface area contributed by atoms with Gasteiger partial charge in [0, 0.05) is 16.2 Å². The van der Waals surface area contributed by atoms with E-state index in [9.17, 15) is 4.79 Å². The minimum Gasteiger partial charge on any atom is -0.306 e. The first-order valence-electron chi connectivity index (χ1n) is 8.90. The molecular formula is C19H19BrCl3N5O. The van der Waals surface area contributed by atoms with Crippen LogP contribution in [0, 0.1) is 13.8 Å². The van der Waals surface area contributed by atoms with Gasteiger partial charge in [0.05, 0.1) is 27.4 Å². The van der Waals surface area contributed by atoms with E-state index in [1.165, 1.54) is 0 Å². The number of nitrogens with zero attached hydrogens (tertiary/aromatic N) is 4. The molecule has 154 valence electrons. The van der Waals surface area contributed by atoms with Crippen LogP contribution in [0.5, 0.6) is 0 Å². The lowest BCUT2D eigenvalue weighted by Crippen LogP contribution is -2.27. The molecule has 0 radical (unpaired) electrons. The number of carbonyl (C=O) groups excluding carboxylic acids is 1. The monoisotopic (exact) mass is 517 g/mol. The van der Waals surface area contributed by atoms with Gasteiger partial charge in [-0.1, -0.05) is 47.8 Å². The van der Waals surface area contributed by atoms with Gasteiger partial charge in [0.1, 0.15) is 6.04 Å². The van der Waals surface area contributed by atoms with Crippen molar-refractivity contribution in [1.82, 2.24) is 19.6 Å². The van der Waals surface area contributed by atoms with Crippen LogP contribution >= 0.6 is 50.7 Å². The van der Waals surface area contributed by atoms with Gasteiger partial charge in [-0.25, -0.2) is 0 Å². The molecule has 0 spiro atoms.